The normalized spacial score (nSPS) is 16.1. The Bertz CT molecular complexity index is 504. The molecule has 0 bridgehead atoms. The molecule has 1 aliphatic rings. The van der Waals surface area contributed by atoms with E-state index in [1.165, 1.54) is 5.57 Å². The monoisotopic (exact) mass is 271 g/mol. The highest BCUT2D eigenvalue weighted by molar-refractivity contribution is 5.54. The van der Waals surface area contributed by atoms with Crippen LogP contribution in [0.3, 0.4) is 0 Å². The number of nitrogens with one attached hydrogen (secondary N) is 1. The van der Waals surface area contributed by atoms with Gasteiger partial charge in [-0.1, -0.05) is 38.0 Å². The lowest BCUT2D eigenvalue weighted by atomic mass is 9.89. The fraction of sp³-hybridized carbons (Fsp3) is 0.333. The molecule has 0 aromatic rings. The Morgan fingerprint density at radius 2 is 2.10 bits per heavy atom. The maximum absolute atomic E-state index is 5.92. The Kier molecular flexibility index (Phi) is 6.10. The molecule has 0 amide bonds. The van der Waals surface area contributed by atoms with Crippen LogP contribution in [0.1, 0.15) is 26.7 Å². The standard InChI is InChI=1S/C18H25NO/c1-7-12-20-18-16(13(3)8-2)10-9-11-17(18)14(4)15(5)19-6/h7-8,11,19H,1-3,9-10,12H2,4-6H3/b15-14-. The van der Waals surface area contributed by atoms with Crippen LogP contribution < -0.4 is 5.32 Å². The number of rotatable bonds is 7. The maximum atomic E-state index is 5.92. The van der Waals surface area contributed by atoms with E-state index >= 15 is 0 Å². The SMILES string of the molecule is C=CCOC1=C(C(=C)C=C)CCC=C1/C(C)=C(/C)NC. The fourth-order valence-corrected chi connectivity index (χ4v) is 2.18. The van der Waals surface area contributed by atoms with E-state index in [-0.39, 0.29) is 0 Å². The van der Waals surface area contributed by atoms with Crippen LogP contribution >= 0.6 is 0 Å². The Morgan fingerprint density at radius 3 is 2.65 bits per heavy atom. The summed E-state index contributed by atoms with van der Waals surface area (Å²) in [5, 5.41) is 3.19. The van der Waals surface area contributed by atoms with Crippen LogP contribution in [0.4, 0.5) is 0 Å². The molecule has 0 saturated carbocycles. The van der Waals surface area contributed by atoms with E-state index in [1.54, 1.807) is 12.2 Å². The van der Waals surface area contributed by atoms with Gasteiger partial charge in [0.1, 0.15) is 12.4 Å². The topological polar surface area (TPSA) is 21.3 Å². The summed E-state index contributed by atoms with van der Waals surface area (Å²) in [5.41, 5.74) is 5.55. The second-order valence-electron chi connectivity index (χ2n) is 4.79. The van der Waals surface area contributed by atoms with Gasteiger partial charge >= 0.3 is 0 Å². The molecule has 0 atom stereocenters. The molecule has 20 heavy (non-hydrogen) atoms. The van der Waals surface area contributed by atoms with Gasteiger partial charge in [0.25, 0.3) is 0 Å². The minimum Gasteiger partial charge on any atom is -0.489 e. The van der Waals surface area contributed by atoms with Gasteiger partial charge in [0.15, 0.2) is 0 Å². The summed E-state index contributed by atoms with van der Waals surface area (Å²) in [6.07, 6.45) is 7.71. The van der Waals surface area contributed by atoms with Gasteiger partial charge in [0.2, 0.25) is 0 Å². The highest BCUT2D eigenvalue weighted by Gasteiger charge is 2.20. The molecule has 0 fully saturated rings. The zero-order chi connectivity index (χ0) is 15.1. The molecule has 0 spiro atoms. The predicted octanol–water partition coefficient (Wildman–Crippen LogP) is 4.42. The highest BCUT2D eigenvalue weighted by Crippen LogP contribution is 2.35. The van der Waals surface area contributed by atoms with E-state index in [0.29, 0.717) is 6.61 Å². The molecule has 0 aliphatic heterocycles. The Balaban J connectivity index is 3.31. The van der Waals surface area contributed by atoms with Crippen LogP contribution in [0.5, 0.6) is 0 Å². The summed E-state index contributed by atoms with van der Waals surface area (Å²) in [4.78, 5) is 0. The second kappa shape index (κ2) is 7.59. The second-order valence-corrected chi connectivity index (χ2v) is 4.79. The van der Waals surface area contributed by atoms with Gasteiger partial charge in [-0.3, -0.25) is 0 Å². The van der Waals surface area contributed by atoms with Crippen molar-refractivity contribution in [2.45, 2.75) is 26.7 Å². The molecule has 0 aromatic carbocycles. The van der Waals surface area contributed by atoms with Gasteiger partial charge in [-0.05, 0) is 37.8 Å². The predicted molar refractivity (Wildman–Crippen MR) is 87.3 cm³/mol. The number of ether oxygens (including phenoxy) is 1. The van der Waals surface area contributed by atoms with Gasteiger partial charge < -0.3 is 10.1 Å². The first-order valence-corrected chi connectivity index (χ1v) is 6.91. The molecule has 2 nitrogen and oxygen atoms in total. The molecule has 0 unspecified atom stereocenters. The number of allylic oxidation sites excluding steroid dienone is 6. The van der Waals surface area contributed by atoms with Crippen LogP contribution in [0.2, 0.25) is 0 Å². The van der Waals surface area contributed by atoms with Crippen molar-refractivity contribution in [1.29, 1.82) is 0 Å². The molecule has 2 heteroatoms. The highest BCUT2D eigenvalue weighted by atomic mass is 16.5. The van der Waals surface area contributed by atoms with E-state index < -0.39 is 0 Å². The van der Waals surface area contributed by atoms with E-state index in [2.05, 4.69) is 45.0 Å². The Morgan fingerprint density at radius 1 is 1.40 bits per heavy atom. The van der Waals surface area contributed by atoms with Crippen molar-refractivity contribution in [1.82, 2.24) is 5.32 Å². The third-order valence-corrected chi connectivity index (χ3v) is 3.58. The molecule has 0 saturated heterocycles. The summed E-state index contributed by atoms with van der Waals surface area (Å²) in [7, 11) is 1.93. The third-order valence-electron chi connectivity index (χ3n) is 3.58. The molecular formula is C18H25NO. The summed E-state index contributed by atoms with van der Waals surface area (Å²) in [5.74, 6) is 0.910. The summed E-state index contributed by atoms with van der Waals surface area (Å²) in [6, 6.07) is 0. The first-order chi connectivity index (χ1) is 9.56. The Hall–Kier alpha value is -1.96. The summed E-state index contributed by atoms with van der Waals surface area (Å²) < 4.78 is 5.92. The van der Waals surface area contributed by atoms with E-state index in [1.807, 2.05) is 7.05 Å². The van der Waals surface area contributed by atoms with E-state index in [0.717, 1.165) is 41.0 Å². The molecule has 1 N–H and O–H groups in total. The maximum Gasteiger partial charge on any atom is 0.130 e. The van der Waals surface area contributed by atoms with Gasteiger partial charge in [0, 0.05) is 23.9 Å². The first-order valence-electron chi connectivity index (χ1n) is 6.91. The molecule has 108 valence electrons. The first kappa shape index (κ1) is 16.1. The van der Waals surface area contributed by atoms with E-state index in [9.17, 15) is 0 Å². The zero-order valence-electron chi connectivity index (χ0n) is 12.9. The van der Waals surface area contributed by atoms with Crippen LogP contribution in [0, 0.1) is 0 Å². The van der Waals surface area contributed by atoms with Crippen molar-refractivity contribution in [3.63, 3.8) is 0 Å². The number of hydrogen-bond donors (Lipinski definition) is 1. The van der Waals surface area contributed by atoms with Gasteiger partial charge in [0.05, 0.1) is 0 Å². The number of hydrogen-bond acceptors (Lipinski definition) is 2. The van der Waals surface area contributed by atoms with Crippen molar-refractivity contribution in [3.05, 3.63) is 71.7 Å². The van der Waals surface area contributed by atoms with Crippen molar-refractivity contribution in [2.24, 2.45) is 0 Å². The van der Waals surface area contributed by atoms with Gasteiger partial charge in [-0.25, -0.2) is 0 Å². The average molecular weight is 271 g/mol. The lowest BCUT2D eigenvalue weighted by Crippen LogP contribution is -2.12. The van der Waals surface area contributed by atoms with Crippen LogP contribution in [0.15, 0.2) is 71.7 Å². The lowest BCUT2D eigenvalue weighted by Gasteiger charge is -2.24. The lowest BCUT2D eigenvalue weighted by molar-refractivity contribution is 0.251. The Labute approximate surface area is 122 Å². The molecular weight excluding hydrogens is 246 g/mol. The molecule has 1 aliphatic carbocycles. The van der Waals surface area contributed by atoms with Crippen LogP contribution in [-0.4, -0.2) is 13.7 Å². The minimum atomic E-state index is 0.493. The minimum absolute atomic E-state index is 0.493. The van der Waals surface area contributed by atoms with Crippen LogP contribution in [-0.2, 0) is 4.74 Å². The third kappa shape index (κ3) is 3.53. The van der Waals surface area contributed by atoms with Crippen molar-refractivity contribution >= 4 is 0 Å². The summed E-state index contributed by atoms with van der Waals surface area (Å²) in [6.45, 7) is 16.3. The van der Waals surface area contributed by atoms with E-state index in [4.69, 9.17) is 4.74 Å². The van der Waals surface area contributed by atoms with Crippen molar-refractivity contribution in [3.8, 4) is 0 Å². The van der Waals surface area contributed by atoms with Crippen molar-refractivity contribution in [2.75, 3.05) is 13.7 Å². The van der Waals surface area contributed by atoms with Gasteiger partial charge in [-0.2, -0.15) is 0 Å². The average Bonchev–Trinajstić information content (AvgIpc) is 2.50. The summed E-state index contributed by atoms with van der Waals surface area (Å²) >= 11 is 0. The van der Waals surface area contributed by atoms with Gasteiger partial charge in [-0.15, -0.1) is 0 Å². The molecule has 1 rings (SSSR count). The molecule has 0 radical (unpaired) electrons. The molecule has 0 heterocycles. The van der Waals surface area contributed by atoms with Crippen molar-refractivity contribution < 1.29 is 4.74 Å². The molecule has 0 aromatic heterocycles. The fourth-order valence-electron chi connectivity index (χ4n) is 2.18. The largest absolute Gasteiger partial charge is 0.489 e. The van der Waals surface area contributed by atoms with Crippen LogP contribution in [0.25, 0.3) is 0 Å². The quantitative estimate of drug-likeness (QED) is 0.546. The zero-order valence-corrected chi connectivity index (χ0v) is 12.9. The smallest absolute Gasteiger partial charge is 0.130 e.